The van der Waals surface area contributed by atoms with Gasteiger partial charge in [0.05, 0.1) is 29.3 Å². The lowest BCUT2D eigenvalue weighted by atomic mass is 10.1. The van der Waals surface area contributed by atoms with Crippen molar-refractivity contribution in [3.63, 3.8) is 0 Å². The van der Waals surface area contributed by atoms with Crippen LogP contribution in [0.2, 0.25) is 0 Å². The van der Waals surface area contributed by atoms with E-state index in [1.54, 1.807) is 24.8 Å². The number of aromatic nitrogens is 6. The third-order valence-corrected chi connectivity index (χ3v) is 5.87. The molecular weight excluding hydrogens is 374 g/mol. The molecule has 0 spiro atoms. The quantitative estimate of drug-likeness (QED) is 0.468. The summed E-state index contributed by atoms with van der Waals surface area (Å²) in [5.41, 5.74) is 6.74. The lowest BCUT2D eigenvalue weighted by Gasteiger charge is -2.29. The first kappa shape index (κ1) is 17.1. The summed E-state index contributed by atoms with van der Waals surface area (Å²) in [5, 5.41) is 9.96. The second kappa shape index (κ2) is 6.95. The van der Waals surface area contributed by atoms with Gasteiger partial charge in [0, 0.05) is 47.5 Å². The van der Waals surface area contributed by atoms with E-state index in [1.165, 1.54) is 30.3 Å². The molecule has 0 unspecified atom stereocenters. The number of aromatic amines is 2. The van der Waals surface area contributed by atoms with Gasteiger partial charge in [0.25, 0.3) is 0 Å². The highest BCUT2D eigenvalue weighted by Gasteiger charge is 2.17. The molecule has 5 heterocycles. The Bertz CT molecular complexity index is 1330. The summed E-state index contributed by atoms with van der Waals surface area (Å²) in [6.45, 7) is 2.25. The maximum Gasteiger partial charge on any atom is 0.116 e. The Kier molecular flexibility index (Phi) is 3.97. The van der Waals surface area contributed by atoms with E-state index in [0.717, 1.165) is 52.3 Å². The normalized spacial score (nSPS) is 14.6. The zero-order valence-electron chi connectivity index (χ0n) is 16.5. The summed E-state index contributed by atoms with van der Waals surface area (Å²) in [6.07, 6.45) is 10.7. The van der Waals surface area contributed by atoms with Crippen molar-refractivity contribution in [1.29, 1.82) is 0 Å². The summed E-state index contributed by atoms with van der Waals surface area (Å²) in [5.74, 6) is 0. The van der Waals surface area contributed by atoms with E-state index >= 15 is 0 Å². The van der Waals surface area contributed by atoms with Crippen molar-refractivity contribution in [2.45, 2.75) is 19.3 Å². The first-order valence-corrected chi connectivity index (χ1v) is 10.3. The number of nitrogens with zero attached hydrogens (tertiary/aromatic N) is 5. The van der Waals surface area contributed by atoms with Crippen LogP contribution >= 0.6 is 0 Å². The Morgan fingerprint density at radius 2 is 1.77 bits per heavy atom. The Morgan fingerprint density at radius 3 is 2.63 bits per heavy atom. The van der Waals surface area contributed by atoms with E-state index in [9.17, 15) is 0 Å². The third kappa shape index (κ3) is 2.82. The van der Waals surface area contributed by atoms with Crippen LogP contribution in [0.5, 0.6) is 0 Å². The van der Waals surface area contributed by atoms with Crippen LogP contribution < -0.4 is 4.90 Å². The van der Waals surface area contributed by atoms with E-state index in [-0.39, 0.29) is 0 Å². The first-order chi connectivity index (χ1) is 14.9. The largest absolute Gasteiger partial charge is 0.371 e. The van der Waals surface area contributed by atoms with Gasteiger partial charge in [0.1, 0.15) is 11.4 Å². The van der Waals surface area contributed by atoms with Crippen molar-refractivity contribution in [2.75, 3.05) is 18.0 Å². The fourth-order valence-corrected chi connectivity index (χ4v) is 4.37. The Labute approximate surface area is 173 Å². The number of benzene rings is 1. The van der Waals surface area contributed by atoms with Gasteiger partial charge in [-0.1, -0.05) is 6.07 Å². The molecule has 1 aliphatic rings. The molecular formula is C23H21N7. The predicted octanol–water partition coefficient (Wildman–Crippen LogP) is 4.55. The number of piperidine rings is 1. The fourth-order valence-electron chi connectivity index (χ4n) is 4.37. The summed E-state index contributed by atoms with van der Waals surface area (Å²) in [6, 6.07) is 10.7. The lowest BCUT2D eigenvalue weighted by molar-refractivity contribution is 0.579. The number of fused-ring (bicyclic) bond motifs is 2. The molecule has 6 rings (SSSR count). The zero-order chi connectivity index (χ0) is 19.9. The minimum absolute atomic E-state index is 0.746. The minimum Gasteiger partial charge on any atom is -0.371 e. The molecule has 7 heteroatoms. The molecule has 4 aromatic heterocycles. The third-order valence-electron chi connectivity index (χ3n) is 5.87. The Hall–Kier alpha value is -3.74. The molecule has 0 saturated carbocycles. The second-order valence-corrected chi connectivity index (χ2v) is 7.75. The van der Waals surface area contributed by atoms with E-state index in [4.69, 9.17) is 0 Å². The van der Waals surface area contributed by atoms with Crippen LogP contribution in [0.1, 0.15) is 19.3 Å². The van der Waals surface area contributed by atoms with E-state index < -0.39 is 0 Å². The maximum absolute atomic E-state index is 4.59. The van der Waals surface area contributed by atoms with Gasteiger partial charge >= 0.3 is 0 Å². The van der Waals surface area contributed by atoms with Crippen LogP contribution in [-0.2, 0) is 0 Å². The number of H-pyrrole nitrogens is 2. The first-order valence-electron chi connectivity index (χ1n) is 10.3. The fraction of sp³-hybridized carbons (Fsp3) is 0.217. The van der Waals surface area contributed by atoms with E-state index in [0.29, 0.717) is 0 Å². The average Bonchev–Trinajstić information content (AvgIpc) is 3.43. The Balaban J connectivity index is 1.47. The molecule has 1 aromatic carbocycles. The molecule has 0 bridgehead atoms. The van der Waals surface area contributed by atoms with Crippen LogP contribution in [-0.4, -0.2) is 43.2 Å². The van der Waals surface area contributed by atoms with Crippen LogP contribution in [0, 0.1) is 0 Å². The maximum atomic E-state index is 4.59. The van der Waals surface area contributed by atoms with Crippen LogP contribution in [0.4, 0.5) is 5.69 Å². The number of hydrogen-bond donors (Lipinski definition) is 2. The van der Waals surface area contributed by atoms with Crippen LogP contribution in [0.15, 0.2) is 55.1 Å². The number of hydrogen-bond acceptors (Lipinski definition) is 5. The van der Waals surface area contributed by atoms with Gasteiger partial charge in [-0.2, -0.15) is 5.10 Å². The zero-order valence-corrected chi connectivity index (χ0v) is 16.5. The van der Waals surface area contributed by atoms with Gasteiger partial charge in [-0.05, 0) is 43.5 Å². The molecule has 0 atom stereocenters. The SMILES string of the molecule is c1cc(N2CCCCC2)c2cc(-c3n[nH]c4cnc(-c5cnccn5)cc34)[nH]c2c1. The molecule has 1 fully saturated rings. The van der Waals surface area contributed by atoms with Crippen LogP contribution in [0.25, 0.3) is 44.6 Å². The lowest BCUT2D eigenvalue weighted by Crippen LogP contribution is -2.29. The van der Waals surface area contributed by atoms with Crippen molar-refractivity contribution in [3.8, 4) is 22.8 Å². The van der Waals surface area contributed by atoms with Gasteiger partial charge in [-0.15, -0.1) is 0 Å². The predicted molar refractivity (Wildman–Crippen MR) is 118 cm³/mol. The van der Waals surface area contributed by atoms with Crippen molar-refractivity contribution in [1.82, 2.24) is 30.1 Å². The molecule has 148 valence electrons. The molecule has 5 aromatic rings. The highest BCUT2D eigenvalue weighted by atomic mass is 15.1. The molecule has 30 heavy (non-hydrogen) atoms. The number of anilines is 1. The Morgan fingerprint density at radius 1 is 0.833 bits per heavy atom. The molecule has 1 saturated heterocycles. The van der Waals surface area contributed by atoms with Gasteiger partial charge in [0.15, 0.2) is 0 Å². The van der Waals surface area contributed by atoms with Crippen molar-refractivity contribution in [2.24, 2.45) is 0 Å². The topological polar surface area (TPSA) is 86.4 Å². The molecule has 7 nitrogen and oxygen atoms in total. The standard InChI is InChI=1S/C23H21N7/c1-2-9-30(10-3-1)22-6-4-5-17-15(22)11-19(27-17)23-16-12-18(21-13-24-7-8-25-21)26-14-20(16)28-29-23/h4-8,11-14,27H,1-3,9-10H2,(H,28,29). The summed E-state index contributed by atoms with van der Waals surface area (Å²) < 4.78 is 0. The number of pyridine rings is 1. The van der Waals surface area contributed by atoms with Gasteiger partial charge in [-0.3, -0.25) is 20.1 Å². The van der Waals surface area contributed by atoms with E-state index in [2.05, 4.69) is 59.3 Å². The minimum atomic E-state index is 0.746. The van der Waals surface area contributed by atoms with Gasteiger partial charge in [0.2, 0.25) is 0 Å². The monoisotopic (exact) mass is 395 g/mol. The molecule has 0 aliphatic carbocycles. The second-order valence-electron chi connectivity index (χ2n) is 7.75. The highest BCUT2D eigenvalue weighted by Crippen LogP contribution is 2.34. The highest BCUT2D eigenvalue weighted by molar-refractivity contribution is 6.00. The molecule has 0 amide bonds. The van der Waals surface area contributed by atoms with Crippen LogP contribution in [0.3, 0.4) is 0 Å². The number of rotatable bonds is 3. The summed E-state index contributed by atoms with van der Waals surface area (Å²) in [7, 11) is 0. The molecule has 2 N–H and O–H groups in total. The smallest absolute Gasteiger partial charge is 0.116 e. The van der Waals surface area contributed by atoms with Crippen molar-refractivity contribution >= 4 is 27.5 Å². The molecule has 0 radical (unpaired) electrons. The van der Waals surface area contributed by atoms with Crippen molar-refractivity contribution < 1.29 is 0 Å². The van der Waals surface area contributed by atoms with Crippen molar-refractivity contribution in [3.05, 3.63) is 55.1 Å². The average molecular weight is 395 g/mol. The van der Waals surface area contributed by atoms with Gasteiger partial charge < -0.3 is 9.88 Å². The summed E-state index contributed by atoms with van der Waals surface area (Å²) >= 11 is 0. The number of nitrogens with one attached hydrogen (secondary N) is 2. The van der Waals surface area contributed by atoms with Gasteiger partial charge in [-0.25, -0.2) is 0 Å². The molecule has 1 aliphatic heterocycles. The van der Waals surface area contributed by atoms with E-state index in [1.807, 2.05) is 6.07 Å². The summed E-state index contributed by atoms with van der Waals surface area (Å²) in [4.78, 5) is 19.1.